The van der Waals surface area contributed by atoms with Crippen molar-refractivity contribution in [3.63, 3.8) is 0 Å². The standard InChI is InChI=1S/C16H23NO4S/c1-3-21-15-7-5-4-6-13(15)8-9-16(18)17-11-10-14(12-17)22(2,19)20/h4-7,14H,3,8-12H2,1-2H3. The molecule has 1 amide bonds. The molecule has 0 saturated carbocycles. The summed E-state index contributed by atoms with van der Waals surface area (Å²) in [5.41, 5.74) is 1.01. The Morgan fingerprint density at radius 1 is 1.36 bits per heavy atom. The first-order valence-electron chi connectivity index (χ1n) is 7.59. The van der Waals surface area contributed by atoms with Crippen LogP contribution in [0.5, 0.6) is 5.75 Å². The predicted molar refractivity (Wildman–Crippen MR) is 85.8 cm³/mol. The monoisotopic (exact) mass is 325 g/mol. The number of ether oxygens (including phenoxy) is 1. The molecule has 1 aromatic carbocycles. The van der Waals surface area contributed by atoms with Crippen molar-refractivity contribution in [3.05, 3.63) is 29.8 Å². The smallest absolute Gasteiger partial charge is 0.222 e. The Bertz CT molecular complexity index is 627. The van der Waals surface area contributed by atoms with Gasteiger partial charge >= 0.3 is 0 Å². The van der Waals surface area contributed by atoms with Gasteiger partial charge in [0.05, 0.1) is 11.9 Å². The average molecular weight is 325 g/mol. The fraction of sp³-hybridized carbons (Fsp3) is 0.562. The molecule has 1 heterocycles. The molecule has 1 fully saturated rings. The molecule has 1 unspecified atom stereocenters. The molecule has 1 aliphatic rings. The number of carbonyl (C=O) groups is 1. The summed E-state index contributed by atoms with van der Waals surface area (Å²) in [4.78, 5) is 13.9. The highest BCUT2D eigenvalue weighted by Gasteiger charge is 2.32. The lowest BCUT2D eigenvalue weighted by molar-refractivity contribution is -0.130. The van der Waals surface area contributed by atoms with Gasteiger partial charge in [-0.3, -0.25) is 4.79 Å². The van der Waals surface area contributed by atoms with Gasteiger partial charge in [-0.1, -0.05) is 18.2 Å². The molecule has 1 aliphatic heterocycles. The summed E-state index contributed by atoms with van der Waals surface area (Å²) >= 11 is 0. The van der Waals surface area contributed by atoms with Gasteiger partial charge in [-0.05, 0) is 31.4 Å². The van der Waals surface area contributed by atoms with Crippen LogP contribution >= 0.6 is 0 Å². The number of hydrogen-bond acceptors (Lipinski definition) is 4. The normalized spacial score (nSPS) is 18.5. The number of carbonyl (C=O) groups excluding carboxylic acids is 1. The summed E-state index contributed by atoms with van der Waals surface area (Å²) < 4.78 is 28.6. The molecule has 0 spiro atoms. The zero-order valence-electron chi connectivity index (χ0n) is 13.1. The van der Waals surface area contributed by atoms with Crippen molar-refractivity contribution in [2.45, 2.75) is 31.4 Å². The van der Waals surface area contributed by atoms with E-state index in [9.17, 15) is 13.2 Å². The maximum Gasteiger partial charge on any atom is 0.222 e. The maximum atomic E-state index is 12.3. The minimum Gasteiger partial charge on any atom is -0.494 e. The van der Waals surface area contributed by atoms with Crippen molar-refractivity contribution < 1.29 is 17.9 Å². The Labute approximate surface area is 132 Å². The fourth-order valence-electron chi connectivity index (χ4n) is 2.71. The Balaban J connectivity index is 1.91. The van der Waals surface area contributed by atoms with Gasteiger partial charge in [0.15, 0.2) is 9.84 Å². The van der Waals surface area contributed by atoms with Crippen LogP contribution in [0.25, 0.3) is 0 Å². The van der Waals surface area contributed by atoms with Crippen molar-refractivity contribution in [2.24, 2.45) is 0 Å². The lowest BCUT2D eigenvalue weighted by Gasteiger charge is -2.16. The van der Waals surface area contributed by atoms with Crippen molar-refractivity contribution in [3.8, 4) is 5.75 Å². The first-order chi connectivity index (χ1) is 10.4. The summed E-state index contributed by atoms with van der Waals surface area (Å²) in [7, 11) is -3.06. The van der Waals surface area contributed by atoms with Crippen LogP contribution in [0.1, 0.15) is 25.3 Å². The van der Waals surface area contributed by atoms with Gasteiger partial charge in [0.2, 0.25) is 5.91 Å². The SMILES string of the molecule is CCOc1ccccc1CCC(=O)N1CCC(S(C)(=O)=O)C1. The minimum atomic E-state index is -3.06. The molecule has 122 valence electrons. The molecule has 0 aromatic heterocycles. The van der Waals surface area contributed by atoms with E-state index in [2.05, 4.69) is 0 Å². The molecule has 1 saturated heterocycles. The van der Waals surface area contributed by atoms with Gasteiger partial charge in [0.25, 0.3) is 0 Å². The van der Waals surface area contributed by atoms with E-state index in [0.29, 0.717) is 39.0 Å². The quantitative estimate of drug-likeness (QED) is 0.798. The highest BCUT2D eigenvalue weighted by atomic mass is 32.2. The van der Waals surface area contributed by atoms with E-state index < -0.39 is 15.1 Å². The largest absolute Gasteiger partial charge is 0.494 e. The van der Waals surface area contributed by atoms with E-state index in [1.807, 2.05) is 31.2 Å². The van der Waals surface area contributed by atoms with E-state index in [0.717, 1.165) is 11.3 Å². The third kappa shape index (κ3) is 4.22. The van der Waals surface area contributed by atoms with Crippen LogP contribution in [0, 0.1) is 0 Å². The number of likely N-dealkylation sites (tertiary alicyclic amines) is 1. The molecule has 0 N–H and O–H groups in total. The molecule has 2 rings (SSSR count). The molecular formula is C16H23NO4S. The van der Waals surface area contributed by atoms with Crippen molar-refractivity contribution in [2.75, 3.05) is 26.0 Å². The van der Waals surface area contributed by atoms with Crippen LogP contribution < -0.4 is 4.74 Å². The third-order valence-electron chi connectivity index (χ3n) is 3.98. The number of nitrogens with zero attached hydrogens (tertiary/aromatic N) is 1. The third-order valence-corrected chi connectivity index (χ3v) is 5.58. The molecule has 6 heteroatoms. The highest BCUT2D eigenvalue weighted by molar-refractivity contribution is 7.91. The first-order valence-corrected chi connectivity index (χ1v) is 9.54. The molecule has 5 nitrogen and oxygen atoms in total. The summed E-state index contributed by atoms with van der Waals surface area (Å²) in [5, 5.41) is -0.410. The number of sulfone groups is 1. The van der Waals surface area contributed by atoms with Gasteiger partial charge in [-0.2, -0.15) is 0 Å². The Morgan fingerprint density at radius 3 is 2.73 bits per heavy atom. The van der Waals surface area contributed by atoms with E-state index in [4.69, 9.17) is 4.74 Å². The fourth-order valence-corrected chi connectivity index (χ4v) is 3.69. The Morgan fingerprint density at radius 2 is 2.09 bits per heavy atom. The molecule has 0 aliphatic carbocycles. The number of rotatable bonds is 6. The lowest BCUT2D eigenvalue weighted by atomic mass is 10.1. The summed E-state index contributed by atoms with van der Waals surface area (Å²) in [6.07, 6.45) is 2.76. The zero-order valence-corrected chi connectivity index (χ0v) is 13.9. The van der Waals surface area contributed by atoms with Crippen LogP contribution in [-0.4, -0.2) is 50.4 Å². The Kier molecular flexibility index (Phi) is 5.45. The number of amides is 1. The second-order valence-corrected chi connectivity index (χ2v) is 7.95. The van der Waals surface area contributed by atoms with E-state index in [-0.39, 0.29) is 5.91 Å². The van der Waals surface area contributed by atoms with Crippen molar-refractivity contribution >= 4 is 15.7 Å². The first kappa shape index (κ1) is 16.8. The van der Waals surface area contributed by atoms with Gasteiger partial charge in [-0.25, -0.2) is 8.42 Å². The van der Waals surface area contributed by atoms with Crippen LogP contribution in [0.2, 0.25) is 0 Å². The van der Waals surface area contributed by atoms with E-state index in [1.54, 1.807) is 4.90 Å². The van der Waals surface area contributed by atoms with Crippen molar-refractivity contribution in [1.29, 1.82) is 0 Å². The zero-order chi connectivity index (χ0) is 16.2. The lowest BCUT2D eigenvalue weighted by Crippen LogP contribution is -2.31. The van der Waals surface area contributed by atoms with E-state index >= 15 is 0 Å². The maximum absolute atomic E-state index is 12.3. The number of hydrogen-bond donors (Lipinski definition) is 0. The molecule has 0 bridgehead atoms. The second-order valence-electron chi connectivity index (χ2n) is 5.62. The van der Waals surface area contributed by atoms with Crippen LogP contribution in [0.3, 0.4) is 0 Å². The molecule has 22 heavy (non-hydrogen) atoms. The topological polar surface area (TPSA) is 63.7 Å². The minimum absolute atomic E-state index is 0.0115. The predicted octanol–water partition coefficient (Wildman–Crippen LogP) is 1.66. The van der Waals surface area contributed by atoms with Crippen LogP contribution in [0.15, 0.2) is 24.3 Å². The number of aryl methyl sites for hydroxylation is 1. The second kappa shape index (κ2) is 7.13. The van der Waals surface area contributed by atoms with Crippen molar-refractivity contribution in [1.82, 2.24) is 4.90 Å². The molecule has 1 aromatic rings. The highest BCUT2D eigenvalue weighted by Crippen LogP contribution is 2.21. The molecule has 0 radical (unpaired) electrons. The van der Waals surface area contributed by atoms with Gasteiger partial charge in [0, 0.05) is 25.8 Å². The van der Waals surface area contributed by atoms with Crippen LogP contribution in [0.4, 0.5) is 0 Å². The Hall–Kier alpha value is -1.56. The van der Waals surface area contributed by atoms with Gasteiger partial charge in [-0.15, -0.1) is 0 Å². The molecule has 1 atom stereocenters. The summed E-state index contributed by atoms with van der Waals surface area (Å²) in [5.74, 6) is 0.825. The summed E-state index contributed by atoms with van der Waals surface area (Å²) in [6.45, 7) is 3.37. The van der Waals surface area contributed by atoms with E-state index in [1.165, 1.54) is 6.26 Å². The number of benzene rings is 1. The number of para-hydroxylation sites is 1. The summed E-state index contributed by atoms with van der Waals surface area (Å²) in [6, 6.07) is 7.70. The van der Waals surface area contributed by atoms with Gasteiger partial charge in [0.1, 0.15) is 5.75 Å². The average Bonchev–Trinajstić information content (AvgIpc) is 2.96. The van der Waals surface area contributed by atoms with Crippen LogP contribution in [-0.2, 0) is 21.1 Å². The van der Waals surface area contributed by atoms with Gasteiger partial charge < -0.3 is 9.64 Å². The molecular weight excluding hydrogens is 302 g/mol.